The smallest absolute Gasteiger partial charge is 0.247 e. The van der Waals surface area contributed by atoms with Crippen LogP contribution in [0.4, 0.5) is 0 Å². The number of carbonyl (C=O) groups excluding carboxylic acids is 1. The Hall–Kier alpha value is -1.59. The number of hydrogen-bond acceptors (Lipinski definition) is 4. The molecule has 0 saturated carbocycles. The van der Waals surface area contributed by atoms with E-state index in [1.54, 1.807) is 7.11 Å². The van der Waals surface area contributed by atoms with Crippen LogP contribution in [0.25, 0.3) is 0 Å². The van der Waals surface area contributed by atoms with Crippen molar-refractivity contribution in [2.75, 3.05) is 13.7 Å². The van der Waals surface area contributed by atoms with E-state index in [4.69, 9.17) is 10.5 Å². The van der Waals surface area contributed by atoms with Gasteiger partial charge in [-0.05, 0) is 24.1 Å². The molecule has 0 fully saturated rings. The Morgan fingerprint density at radius 3 is 2.50 bits per heavy atom. The van der Waals surface area contributed by atoms with Crippen LogP contribution in [0, 0.1) is 0 Å². The van der Waals surface area contributed by atoms with E-state index in [9.17, 15) is 9.90 Å². The van der Waals surface area contributed by atoms with Gasteiger partial charge < -0.3 is 20.9 Å². The average molecular weight is 252 g/mol. The lowest BCUT2D eigenvalue weighted by Crippen LogP contribution is -2.38. The molecule has 0 heterocycles. The molecule has 2 atom stereocenters. The summed E-state index contributed by atoms with van der Waals surface area (Å²) in [4.78, 5) is 10.7. The number of methoxy groups -OCH3 is 1. The minimum atomic E-state index is -1.16. The summed E-state index contributed by atoms with van der Waals surface area (Å²) in [6, 6.07) is 7.74. The van der Waals surface area contributed by atoms with Crippen molar-refractivity contribution in [1.29, 1.82) is 0 Å². The molecule has 1 amide bonds. The second kappa shape index (κ2) is 6.98. The summed E-state index contributed by atoms with van der Waals surface area (Å²) in [6.07, 6.45) is -0.310. The van der Waals surface area contributed by atoms with Crippen molar-refractivity contribution < 1.29 is 14.6 Å². The van der Waals surface area contributed by atoms with Crippen molar-refractivity contribution in [2.24, 2.45) is 5.73 Å². The summed E-state index contributed by atoms with van der Waals surface area (Å²) < 4.78 is 5.09. The Morgan fingerprint density at radius 1 is 1.44 bits per heavy atom. The maximum absolute atomic E-state index is 10.7. The second-order valence-electron chi connectivity index (χ2n) is 4.06. The van der Waals surface area contributed by atoms with Crippen molar-refractivity contribution in [1.82, 2.24) is 5.32 Å². The SMILES string of the molecule is CCC(NCC(O)C(N)=O)c1ccc(OC)cc1. The highest BCUT2D eigenvalue weighted by molar-refractivity contribution is 5.78. The van der Waals surface area contributed by atoms with Gasteiger partial charge in [0, 0.05) is 12.6 Å². The molecule has 1 rings (SSSR count). The summed E-state index contributed by atoms with van der Waals surface area (Å²) >= 11 is 0. The maximum Gasteiger partial charge on any atom is 0.247 e. The minimum Gasteiger partial charge on any atom is -0.497 e. The normalized spacial score (nSPS) is 13.9. The van der Waals surface area contributed by atoms with E-state index in [0.29, 0.717) is 0 Å². The molecule has 2 unspecified atom stereocenters. The molecule has 0 aromatic heterocycles. The first-order valence-electron chi connectivity index (χ1n) is 5.93. The highest BCUT2D eigenvalue weighted by Crippen LogP contribution is 2.19. The van der Waals surface area contributed by atoms with Crippen LogP contribution in [0.15, 0.2) is 24.3 Å². The van der Waals surface area contributed by atoms with Crippen LogP contribution in [-0.4, -0.2) is 30.8 Å². The number of nitrogens with one attached hydrogen (secondary N) is 1. The molecule has 100 valence electrons. The highest BCUT2D eigenvalue weighted by Gasteiger charge is 2.14. The fourth-order valence-electron chi connectivity index (χ4n) is 1.69. The molecule has 4 N–H and O–H groups in total. The Kier molecular flexibility index (Phi) is 5.61. The molecule has 1 aromatic carbocycles. The van der Waals surface area contributed by atoms with Gasteiger partial charge in [-0.1, -0.05) is 19.1 Å². The Balaban J connectivity index is 2.62. The van der Waals surface area contributed by atoms with E-state index in [1.807, 2.05) is 31.2 Å². The number of hydrogen-bond donors (Lipinski definition) is 3. The van der Waals surface area contributed by atoms with Gasteiger partial charge in [0.05, 0.1) is 7.11 Å². The Morgan fingerprint density at radius 2 is 2.06 bits per heavy atom. The quantitative estimate of drug-likeness (QED) is 0.663. The topological polar surface area (TPSA) is 84.6 Å². The number of amides is 1. The van der Waals surface area contributed by atoms with Crippen molar-refractivity contribution in [3.8, 4) is 5.75 Å². The third kappa shape index (κ3) is 4.01. The molecule has 0 radical (unpaired) electrons. The molecule has 0 aliphatic carbocycles. The molecule has 0 saturated heterocycles. The number of primary amides is 1. The predicted molar refractivity (Wildman–Crippen MR) is 69.2 cm³/mol. The summed E-state index contributed by atoms with van der Waals surface area (Å²) in [7, 11) is 1.62. The van der Waals surface area contributed by atoms with Gasteiger partial charge in [-0.2, -0.15) is 0 Å². The standard InChI is InChI=1S/C13H20N2O3/c1-3-11(15-8-12(16)13(14)17)9-4-6-10(18-2)7-5-9/h4-7,11-12,15-16H,3,8H2,1-2H3,(H2,14,17). The lowest BCUT2D eigenvalue weighted by molar-refractivity contribution is -0.125. The predicted octanol–water partition coefficient (Wildman–Crippen LogP) is 0.582. The van der Waals surface area contributed by atoms with Crippen LogP contribution < -0.4 is 15.8 Å². The number of carbonyl (C=O) groups is 1. The third-order valence-electron chi connectivity index (χ3n) is 2.81. The summed E-state index contributed by atoms with van der Waals surface area (Å²) in [5, 5.41) is 12.5. The first-order chi connectivity index (χ1) is 8.58. The molecular formula is C13H20N2O3. The fourth-order valence-corrected chi connectivity index (χ4v) is 1.69. The number of aliphatic hydroxyl groups excluding tert-OH is 1. The molecule has 0 aliphatic heterocycles. The van der Waals surface area contributed by atoms with Crippen LogP contribution >= 0.6 is 0 Å². The van der Waals surface area contributed by atoms with Gasteiger partial charge in [-0.25, -0.2) is 0 Å². The molecule has 5 nitrogen and oxygen atoms in total. The van der Waals surface area contributed by atoms with E-state index in [-0.39, 0.29) is 12.6 Å². The van der Waals surface area contributed by atoms with Crippen LogP contribution in [0.1, 0.15) is 24.9 Å². The number of rotatable bonds is 7. The molecule has 1 aromatic rings. The lowest BCUT2D eigenvalue weighted by atomic mass is 10.0. The molecule has 18 heavy (non-hydrogen) atoms. The number of ether oxygens (including phenoxy) is 1. The average Bonchev–Trinajstić information content (AvgIpc) is 2.39. The van der Waals surface area contributed by atoms with Gasteiger partial charge in [-0.3, -0.25) is 4.79 Å². The highest BCUT2D eigenvalue weighted by atomic mass is 16.5. The number of aliphatic hydroxyl groups is 1. The van der Waals surface area contributed by atoms with Crippen molar-refractivity contribution in [3.05, 3.63) is 29.8 Å². The van der Waals surface area contributed by atoms with Crippen molar-refractivity contribution in [2.45, 2.75) is 25.5 Å². The van der Waals surface area contributed by atoms with Crippen LogP contribution in [0.5, 0.6) is 5.75 Å². The molecule has 0 bridgehead atoms. The lowest BCUT2D eigenvalue weighted by Gasteiger charge is -2.19. The number of benzene rings is 1. The summed E-state index contributed by atoms with van der Waals surface area (Å²) in [5.41, 5.74) is 6.07. The third-order valence-corrected chi connectivity index (χ3v) is 2.81. The second-order valence-corrected chi connectivity index (χ2v) is 4.06. The summed E-state index contributed by atoms with van der Waals surface area (Å²) in [5.74, 6) is 0.0813. The van der Waals surface area contributed by atoms with Crippen molar-refractivity contribution >= 4 is 5.91 Å². The van der Waals surface area contributed by atoms with E-state index in [0.717, 1.165) is 17.7 Å². The van der Waals surface area contributed by atoms with Gasteiger partial charge in [0.1, 0.15) is 11.9 Å². The zero-order valence-corrected chi connectivity index (χ0v) is 10.7. The monoisotopic (exact) mass is 252 g/mol. The van der Waals surface area contributed by atoms with E-state index in [1.165, 1.54) is 0 Å². The molecular weight excluding hydrogens is 232 g/mol. The van der Waals surface area contributed by atoms with E-state index in [2.05, 4.69) is 5.32 Å². The first-order valence-corrected chi connectivity index (χ1v) is 5.93. The van der Waals surface area contributed by atoms with Gasteiger partial charge >= 0.3 is 0 Å². The van der Waals surface area contributed by atoms with Gasteiger partial charge in [0.25, 0.3) is 0 Å². The van der Waals surface area contributed by atoms with Crippen LogP contribution in [0.3, 0.4) is 0 Å². The van der Waals surface area contributed by atoms with Gasteiger partial charge in [0.15, 0.2) is 0 Å². The van der Waals surface area contributed by atoms with E-state index < -0.39 is 12.0 Å². The van der Waals surface area contributed by atoms with Gasteiger partial charge in [0.2, 0.25) is 5.91 Å². The van der Waals surface area contributed by atoms with Crippen molar-refractivity contribution in [3.63, 3.8) is 0 Å². The first kappa shape index (κ1) is 14.5. The molecule has 0 aliphatic rings. The van der Waals surface area contributed by atoms with Gasteiger partial charge in [-0.15, -0.1) is 0 Å². The van der Waals surface area contributed by atoms with E-state index >= 15 is 0 Å². The largest absolute Gasteiger partial charge is 0.497 e. The zero-order valence-electron chi connectivity index (χ0n) is 10.7. The van der Waals surface area contributed by atoms with Crippen LogP contribution in [-0.2, 0) is 4.79 Å². The molecule has 0 spiro atoms. The zero-order chi connectivity index (χ0) is 13.5. The fraction of sp³-hybridized carbons (Fsp3) is 0.462. The Labute approximate surface area is 107 Å². The summed E-state index contributed by atoms with van der Waals surface area (Å²) in [6.45, 7) is 2.18. The minimum absolute atomic E-state index is 0.0740. The molecule has 5 heteroatoms. The van der Waals surface area contributed by atoms with Crippen LogP contribution in [0.2, 0.25) is 0 Å². The maximum atomic E-state index is 10.7. The Bertz CT molecular complexity index is 378. The number of nitrogens with two attached hydrogens (primary N) is 1.